The van der Waals surface area contributed by atoms with Crippen molar-refractivity contribution in [2.75, 3.05) is 26.2 Å². The summed E-state index contributed by atoms with van der Waals surface area (Å²) < 4.78 is 5.30. The quantitative estimate of drug-likeness (QED) is 0.748. The Morgan fingerprint density at radius 3 is 2.76 bits per heavy atom. The van der Waals surface area contributed by atoms with Crippen molar-refractivity contribution >= 4 is 5.97 Å². The van der Waals surface area contributed by atoms with Crippen LogP contribution in [0.5, 0.6) is 0 Å². The van der Waals surface area contributed by atoms with E-state index in [-0.39, 0.29) is 11.6 Å². The number of rotatable bonds is 3. The molecule has 0 spiro atoms. The Kier molecular flexibility index (Phi) is 3.73. The van der Waals surface area contributed by atoms with Gasteiger partial charge in [-0.3, -0.25) is 4.79 Å². The van der Waals surface area contributed by atoms with Gasteiger partial charge in [-0.2, -0.15) is 0 Å². The van der Waals surface area contributed by atoms with Crippen molar-refractivity contribution in [1.82, 2.24) is 10.2 Å². The van der Waals surface area contributed by atoms with E-state index >= 15 is 0 Å². The molecule has 0 aromatic heterocycles. The van der Waals surface area contributed by atoms with Gasteiger partial charge in [-0.25, -0.2) is 0 Å². The van der Waals surface area contributed by atoms with E-state index in [2.05, 4.69) is 10.2 Å². The summed E-state index contributed by atoms with van der Waals surface area (Å²) in [6.07, 6.45) is 2.43. The van der Waals surface area contributed by atoms with Gasteiger partial charge in [-0.15, -0.1) is 0 Å². The molecule has 0 aliphatic carbocycles. The number of fused-ring (bicyclic) bond motifs is 2. The zero-order valence-corrected chi connectivity index (χ0v) is 11.2. The van der Waals surface area contributed by atoms with Crippen molar-refractivity contribution in [3.05, 3.63) is 0 Å². The highest BCUT2D eigenvalue weighted by molar-refractivity contribution is 5.72. The van der Waals surface area contributed by atoms with Gasteiger partial charge < -0.3 is 15.0 Å². The van der Waals surface area contributed by atoms with Crippen LogP contribution in [0.2, 0.25) is 0 Å². The molecule has 2 saturated heterocycles. The molecule has 2 rings (SSSR count). The Bertz CT molecular complexity index is 286. The Morgan fingerprint density at radius 2 is 2.06 bits per heavy atom. The Labute approximate surface area is 104 Å². The molecule has 4 heteroatoms. The van der Waals surface area contributed by atoms with Gasteiger partial charge in [-0.1, -0.05) is 0 Å². The molecule has 0 aromatic rings. The van der Waals surface area contributed by atoms with Gasteiger partial charge >= 0.3 is 5.97 Å². The van der Waals surface area contributed by atoms with Crippen LogP contribution in [-0.4, -0.2) is 48.7 Å². The zero-order chi connectivity index (χ0) is 12.5. The second-order valence-corrected chi connectivity index (χ2v) is 6.21. The molecule has 4 nitrogen and oxygen atoms in total. The summed E-state index contributed by atoms with van der Waals surface area (Å²) in [5.74, 6) is 0.587. The van der Waals surface area contributed by atoms with Crippen molar-refractivity contribution < 1.29 is 9.53 Å². The maximum atomic E-state index is 11.6. The Balaban J connectivity index is 1.73. The number of hydrogen-bond acceptors (Lipinski definition) is 4. The average molecular weight is 240 g/mol. The predicted octanol–water partition coefficient (Wildman–Crippen LogP) is 1.01. The normalized spacial score (nSPS) is 32.5. The molecule has 2 heterocycles. The number of nitrogens with one attached hydrogen (secondary N) is 1. The lowest BCUT2D eigenvalue weighted by Gasteiger charge is -2.31. The van der Waals surface area contributed by atoms with Crippen LogP contribution in [0.3, 0.4) is 0 Å². The van der Waals surface area contributed by atoms with Crippen molar-refractivity contribution in [2.24, 2.45) is 5.92 Å². The van der Waals surface area contributed by atoms with Crippen molar-refractivity contribution in [3.8, 4) is 0 Å². The number of piperidine rings is 1. The lowest BCUT2D eigenvalue weighted by molar-refractivity contribution is -0.153. The van der Waals surface area contributed by atoms with Crippen molar-refractivity contribution in [2.45, 2.75) is 45.3 Å². The molecular formula is C13H24N2O2. The molecule has 3 atom stereocenters. The SMILES string of the molecule is CC(C)(C)OC(=O)CNC1CCN2CCC1C2. The number of nitrogens with zero attached hydrogens (tertiary/aromatic N) is 1. The summed E-state index contributed by atoms with van der Waals surface area (Å²) >= 11 is 0. The summed E-state index contributed by atoms with van der Waals surface area (Å²) in [4.78, 5) is 14.1. The van der Waals surface area contributed by atoms with Crippen LogP contribution >= 0.6 is 0 Å². The largest absolute Gasteiger partial charge is 0.459 e. The van der Waals surface area contributed by atoms with Gasteiger partial charge in [0, 0.05) is 12.6 Å². The highest BCUT2D eigenvalue weighted by atomic mass is 16.6. The van der Waals surface area contributed by atoms with Gasteiger partial charge in [0.15, 0.2) is 0 Å². The van der Waals surface area contributed by atoms with Crippen LogP contribution in [0.1, 0.15) is 33.6 Å². The molecule has 0 amide bonds. The Hall–Kier alpha value is -0.610. The molecule has 2 fully saturated rings. The number of ether oxygens (including phenoxy) is 1. The summed E-state index contributed by atoms with van der Waals surface area (Å²) in [7, 11) is 0. The lowest BCUT2D eigenvalue weighted by atomic mass is 9.94. The minimum atomic E-state index is -0.379. The van der Waals surface area contributed by atoms with Gasteiger partial charge in [0.05, 0.1) is 6.54 Å². The monoisotopic (exact) mass is 240 g/mol. The van der Waals surface area contributed by atoms with Crippen molar-refractivity contribution in [3.63, 3.8) is 0 Å². The zero-order valence-electron chi connectivity index (χ0n) is 11.2. The highest BCUT2D eigenvalue weighted by Crippen LogP contribution is 2.26. The topological polar surface area (TPSA) is 41.6 Å². The first-order valence-corrected chi connectivity index (χ1v) is 6.61. The van der Waals surface area contributed by atoms with E-state index in [4.69, 9.17) is 4.74 Å². The minimum Gasteiger partial charge on any atom is -0.459 e. The van der Waals surface area contributed by atoms with Crippen LogP contribution < -0.4 is 5.32 Å². The van der Waals surface area contributed by atoms with Crippen LogP contribution in [0.25, 0.3) is 0 Å². The maximum Gasteiger partial charge on any atom is 0.320 e. The summed E-state index contributed by atoms with van der Waals surface area (Å²) in [6.45, 7) is 9.66. The number of hydrogen-bond donors (Lipinski definition) is 1. The third-order valence-corrected chi connectivity index (χ3v) is 3.56. The van der Waals surface area contributed by atoms with E-state index in [9.17, 15) is 4.79 Å². The van der Waals surface area contributed by atoms with E-state index in [1.54, 1.807) is 0 Å². The molecule has 2 aliphatic rings. The smallest absolute Gasteiger partial charge is 0.320 e. The predicted molar refractivity (Wildman–Crippen MR) is 66.8 cm³/mol. The van der Waals surface area contributed by atoms with E-state index in [0.29, 0.717) is 12.6 Å². The molecule has 2 aliphatic heterocycles. The lowest BCUT2D eigenvalue weighted by Crippen LogP contribution is -2.46. The molecule has 3 unspecified atom stereocenters. The van der Waals surface area contributed by atoms with E-state index in [1.807, 2.05) is 20.8 Å². The van der Waals surface area contributed by atoms with Gasteiger partial charge in [0.25, 0.3) is 0 Å². The summed E-state index contributed by atoms with van der Waals surface area (Å²) in [5, 5.41) is 3.37. The van der Waals surface area contributed by atoms with Crippen LogP contribution in [0.4, 0.5) is 0 Å². The van der Waals surface area contributed by atoms with Crippen molar-refractivity contribution in [1.29, 1.82) is 0 Å². The first-order valence-electron chi connectivity index (χ1n) is 6.61. The Morgan fingerprint density at radius 1 is 1.35 bits per heavy atom. The van der Waals surface area contributed by atoms with Gasteiger partial charge in [0.1, 0.15) is 5.60 Å². The molecule has 0 saturated carbocycles. The molecule has 0 radical (unpaired) electrons. The fourth-order valence-electron chi connectivity index (χ4n) is 2.81. The minimum absolute atomic E-state index is 0.141. The number of carbonyl (C=O) groups is 1. The third-order valence-electron chi connectivity index (χ3n) is 3.56. The first-order chi connectivity index (χ1) is 7.94. The summed E-state index contributed by atoms with van der Waals surface area (Å²) in [5.41, 5.74) is -0.379. The molecular weight excluding hydrogens is 216 g/mol. The molecule has 0 aromatic carbocycles. The van der Waals surface area contributed by atoms with Gasteiger partial charge in [-0.05, 0) is 52.6 Å². The fraction of sp³-hybridized carbons (Fsp3) is 0.923. The summed E-state index contributed by atoms with van der Waals surface area (Å²) in [6, 6.07) is 0.501. The van der Waals surface area contributed by atoms with E-state index < -0.39 is 0 Å². The van der Waals surface area contributed by atoms with Crippen LogP contribution in [0.15, 0.2) is 0 Å². The molecule has 17 heavy (non-hydrogen) atoms. The number of carbonyl (C=O) groups excluding carboxylic acids is 1. The second-order valence-electron chi connectivity index (χ2n) is 6.21. The standard InChI is InChI=1S/C13H24N2O2/c1-13(2,3)17-12(16)8-14-11-5-7-15-6-4-10(11)9-15/h10-11,14H,4-9H2,1-3H3. The van der Waals surface area contributed by atoms with Gasteiger partial charge in [0.2, 0.25) is 0 Å². The second kappa shape index (κ2) is 4.94. The molecule has 2 bridgehead atoms. The molecule has 1 N–H and O–H groups in total. The maximum absolute atomic E-state index is 11.6. The van der Waals surface area contributed by atoms with Crippen LogP contribution in [0, 0.1) is 5.92 Å². The first kappa shape index (κ1) is 12.8. The average Bonchev–Trinajstić information content (AvgIpc) is 2.57. The highest BCUT2D eigenvalue weighted by Gasteiger charge is 2.34. The fourth-order valence-corrected chi connectivity index (χ4v) is 2.81. The number of esters is 1. The van der Waals surface area contributed by atoms with E-state index in [1.165, 1.54) is 26.1 Å². The third kappa shape index (κ3) is 3.68. The molecule has 98 valence electrons. The van der Waals surface area contributed by atoms with E-state index in [0.717, 1.165) is 12.3 Å². The van der Waals surface area contributed by atoms with Crippen LogP contribution in [-0.2, 0) is 9.53 Å².